The summed E-state index contributed by atoms with van der Waals surface area (Å²) in [6.07, 6.45) is 3.59. The molecule has 0 amide bonds. The van der Waals surface area contributed by atoms with Gasteiger partial charge in [0.25, 0.3) is 0 Å². The molecule has 114 valence electrons. The van der Waals surface area contributed by atoms with Crippen molar-refractivity contribution < 1.29 is 4.79 Å². The zero-order valence-corrected chi connectivity index (χ0v) is 13.6. The minimum Gasteiger partial charge on any atom is -0.352 e. The predicted octanol–water partition coefficient (Wildman–Crippen LogP) is 2.02. The van der Waals surface area contributed by atoms with Gasteiger partial charge in [-0.05, 0) is 36.9 Å². The minimum atomic E-state index is -0.726. The molecule has 3 rings (SSSR count). The fourth-order valence-electron chi connectivity index (χ4n) is 2.76. The number of amidine groups is 1. The molecule has 0 spiro atoms. The fraction of sp³-hybridized carbons (Fsp3) is 0.250. The number of fused-ring (bicyclic) bond motifs is 1. The average molecular weight is 314 g/mol. The van der Waals surface area contributed by atoms with Gasteiger partial charge < -0.3 is 10.2 Å². The van der Waals surface area contributed by atoms with E-state index in [1.807, 2.05) is 56.3 Å². The Morgan fingerprint density at radius 1 is 1.36 bits per heavy atom. The normalized spacial score (nSPS) is 24.1. The molecule has 0 bridgehead atoms. The number of allylic oxidation sites excluding steroid dienone is 1. The van der Waals surface area contributed by atoms with Gasteiger partial charge in [-0.15, -0.1) is 0 Å². The van der Waals surface area contributed by atoms with Crippen molar-refractivity contribution >= 4 is 28.5 Å². The van der Waals surface area contributed by atoms with Gasteiger partial charge in [0.15, 0.2) is 16.6 Å². The number of carbonyl (C=O) groups excluding carboxylic acids is 1. The van der Waals surface area contributed by atoms with E-state index in [4.69, 9.17) is 5.14 Å². The number of aliphatic imine (C=N–C) groups is 1. The summed E-state index contributed by atoms with van der Waals surface area (Å²) in [7, 11) is 1.92. The number of nitrogens with zero attached hydrogens (tertiary/aromatic N) is 2. The summed E-state index contributed by atoms with van der Waals surface area (Å²) in [6.45, 7) is 3.92. The Labute approximate surface area is 134 Å². The minimum absolute atomic E-state index is 0.00720. The number of likely N-dealkylation sites (N-methyl/N-ethyl adjacent to an activating group) is 1. The van der Waals surface area contributed by atoms with Crippen molar-refractivity contribution in [3.8, 4) is 0 Å². The zero-order valence-electron chi connectivity index (χ0n) is 12.8. The Balaban J connectivity index is 2.12. The second kappa shape index (κ2) is 5.30. The van der Waals surface area contributed by atoms with Gasteiger partial charge >= 0.3 is 0 Å². The summed E-state index contributed by atoms with van der Waals surface area (Å²) >= 11 is 1.04. The van der Waals surface area contributed by atoms with Gasteiger partial charge in [0.1, 0.15) is 0 Å². The third-order valence-corrected chi connectivity index (χ3v) is 4.65. The van der Waals surface area contributed by atoms with Crippen LogP contribution in [0.3, 0.4) is 0 Å². The van der Waals surface area contributed by atoms with E-state index in [0.29, 0.717) is 16.3 Å². The van der Waals surface area contributed by atoms with E-state index >= 15 is 0 Å². The van der Waals surface area contributed by atoms with Crippen molar-refractivity contribution in [2.75, 3.05) is 7.05 Å². The van der Waals surface area contributed by atoms with Crippen molar-refractivity contribution in [1.82, 2.24) is 10.2 Å². The van der Waals surface area contributed by atoms with Crippen LogP contribution >= 0.6 is 11.9 Å². The van der Waals surface area contributed by atoms with Crippen molar-refractivity contribution in [3.63, 3.8) is 0 Å². The highest BCUT2D eigenvalue weighted by Crippen LogP contribution is 2.38. The molecule has 2 heterocycles. The quantitative estimate of drug-likeness (QED) is 0.776. The fourth-order valence-corrected chi connectivity index (χ4v) is 3.12. The average Bonchev–Trinajstić information content (AvgIpc) is 2.51. The molecule has 22 heavy (non-hydrogen) atoms. The first-order valence-electron chi connectivity index (χ1n) is 6.96. The lowest BCUT2D eigenvalue weighted by Gasteiger charge is -2.42. The van der Waals surface area contributed by atoms with Crippen molar-refractivity contribution in [3.05, 3.63) is 53.4 Å². The van der Waals surface area contributed by atoms with Crippen molar-refractivity contribution in [1.29, 1.82) is 0 Å². The summed E-state index contributed by atoms with van der Waals surface area (Å²) in [4.78, 5) is 19.5. The monoisotopic (exact) mass is 314 g/mol. The number of benzene rings is 1. The highest BCUT2D eigenvalue weighted by molar-refractivity contribution is 8.11. The molecule has 0 aliphatic carbocycles. The number of hydrogen-bond donors (Lipinski definition) is 2. The molecule has 5 nitrogen and oxygen atoms in total. The lowest BCUT2D eigenvalue weighted by molar-refractivity contribution is -0.112. The van der Waals surface area contributed by atoms with Crippen LogP contribution in [-0.4, -0.2) is 28.6 Å². The second-order valence-electron chi connectivity index (χ2n) is 5.56. The van der Waals surface area contributed by atoms with E-state index in [1.165, 1.54) is 0 Å². The van der Waals surface area contributed by atoms with E-state index in [1.54, 1.807) is 6.20 Å². The first-order valence-corrected chi connectivity index (χ1v) is 7.84. The third-order valence-electron chi connectivity index (χ3n) is 4.22. The molecule has 1 aromatic rings. The molecule has 0 radical (unpaired) electrons. The number of rotatable bonds is 1. The second-order valence-corrected chi connectivity index (χ2v) is 6.18. The van der Waals surface area contributed by atoms with Crippen LogP contribution in [0, 0.1) is 6.92 Å². The number of hydrogen-bond acceptors (Lipinski definition) is 6. The smallest absolute Gasteiger partial charge is 0.196 e. The van der Waals surface area contributed by atoms with Gasteiger partial charge in [-0.25, -0.2) is 4.99 Å². The van der Waals surface area contributed by atoms with Crippen LogP contribution in [0.25, 0.3) is 5.57 Å². The van der Waals surface area contributed by atoms with Gasteiger partial charge in [0.2, 0.25) is 0 Å². The van der Waals surface area contributed by atoms with Crippen LogP contribution < -0.4 is 10.5 Å². The summed E-state index contributed by atoms with van der Waals surface area (Å²) in [5, 5.41) is 9.16. The molecule has 0 saturated carbocycles. The molecule has 1 unspecified atom stereocenters. The summed E-state index contributed by atoms with van der Waals surface area (Å²) in [5.74, 6) is -0.00720. The maximum Gasteiger partial charge on any atom is 0.196 e. The Morgan fingerprint density at radius 3 is 2.77 bits per heavy atom. The van der Waals surface area contributed by atoms with E-state index in [2.05, 4.69) is 10.3 Å². The molecular formula is C16H18N4OS. The van der Waals surface area contributed by atoms with Crippen LogP contribution in [0.5, 0.6) is 0 Å². The lowest BCUT2D eigenvalue weighted by Crippen LogP contribution is -2.50. The van der Waals surface area contributed by atoms with Crippen LogP contribution in [-0.2, 0) is 4.79 Å². The Kier molecular flexibility index (Phi) is 3.58. The van der Waals surface area contributed by atoms with Crippen molar-refractivity contribution in [2.45, 2.75) is 19.5 Å². The maximum absolute atomic E-state index is 12.9. The van der Waals surface area contributed by atoms with Crippen molar-refractivity contribution in [2.24, 2.45) is 10.1 Å². The van der Waals surface area contributed by atoms with Crippen LogP contribution in [0.15, 0.2) is 47.2 Å². The highest BCUT2D eigenvalue weighted by Gasteiger charge is 2.43. The number of nitrogens with two attached hydrogens (primary N) is 1. The van der Waals surface area contributed by atoms with Gasteiger partial charge in [-0.2, -0.15) is 0 Å². The molecule has 1 aromatic carbocycles. The number of Topliss-reactive ketones (excluding diaryl/α,β-unsaturated/α-hetero) is 1. The number of carbonyl (C=O) groups is 1. The predicted molar refractivity (Wildman–Crippen MR) is 90.8 cm³/mol. The van der Waals surface area contributed by atoms with Gasteiger partial charge in [-0.3, -0.25) is 9.93 Å². The zero-order chi connectivity index (χ0) is 15.9. The molecule has 2 aliphatic rings. The summed E-state index contributed by atoms with van der Waals surface area (Å²) in [5.41, 5.74) is 2.60. The van der Waals surface area contributed by atoms with E-state index in [0.717, 1.165) is 23.1 Å². The Bertz CT molecular complexity index is 737. The standard InChI is InChI=1S/C16H18N4OS/c1-10-6-4-5-7-11(10)12-9-20(3)16(2)13(14(12)21)8-18-15(19-16)22-17/h4-9H,17H2,1-3H3,(H,18,19). The molecule has 2 aliphatic heterocycles. The topological polar surface area (TPSA) is 70.7 Å². The molecule has 0 saturated heterocycles. The Morgan fingerprint density at radius 2 is 2.09 bits per heavy atom. The largest absolute Gasteiger partial charge is 0.352 e. The number of aryl methyl sites for hydroxylation is 1. The highest BCUT2D eigenvalue weighted by atomic mass is 32.2. The summed E-state index contributed by atoms with van der Waals surface area (Å²) < 4.78 is 0. The molecule has 6 heteroatoms. The van der Waals surface area contributed by atoms with E-state index < -0.39 is 5.66 Å². The number of nitrogens with one attached hydrogen (secondary N) is 1. The number of ketones is 1. The van der Waals surface area contributed by atoms with E-state index in [-0.39, 0.29) is 5.78 Å². The van der Waals surface area contributed by atoms with Crippen LogP contribution in [0.4, 0.5) is 0 Å². The molecule has 0 fully saturated rings. The molecular weight excluding hydrogens is 296 g/mol. The Hall–Kier alpha value is -2.05. The van der Waals surface area contributed by atoms with Crippen LogP contribution in [0.2, 0.25) is 0 Å². The van der Waals surface area contributed by atoms with Gasteiger partial charge in [0, 0.05) is 25.0 Å². The molecule has 0 aromatic heterocycles. The SMILES string of the molecule is Cc1ccccc1C1=CN(C)C2(C)N=C(SN)NC=C2C1=O. The lowest BCUT2D eigenvalue weighted by atomic mass is 9.85. The molecule has 1 atom stereocenters. The first kappa shape index (κ1) is 14.9. The first-order chi connectivity index (χ1) is 10.5. The molecule has 3 N–H and O–H groups in total. The summed E-state index contributed by atoms with van der Waals surface area (Å²) in [6, 6.07) is 7.89. The van der Waals surface area contributed by atoms with Gasteiger partial charge in [-0.1, -0.05) is 24.3 Å². The van der Waals surface area contributed by atoms with Gasteiger partial charge in [0.05, 0.1) is 5.57 Å². The van der Waals surface area contributed by atoms with E-state index in [9.17, 15) is 4.79 Å². The third kappa shape index (κ3) is 2.15. The maximum atomic E-state index is 12.9. The van der Waals surface area contributed by atoms with Crippen LogP contribution in [0.1, 0.15) is 18.1 Å².